The molecule has 0 bridgehead atoms. The number of hydrogen-bond acceptors (Lipinski definition) is 7. The van der Waals surface area contributed by atoms with E-state index in [1.54, 1.807) is 42.4 Å². The highest BCUT2D eigenvalue weighted by Gasteiger charge is 2.17. The van der Waals surface area contributed by atoms with Crippen molar-refractivity contribution in [3.05, 3.63) is 75.9 Å². The van der Waals surface area contributed by atoms with Gasteiger partial charge in [0.25, 0.3) is 5.91 Å². The maximum absolute atomic E-state index is 12.5. The van der Waals surface area contributed by atoms with E-state index in [9.17, 15) is 9.59 Å². The number of hydrogen-bond donors (Lipinski definition) is 3. The number of carbonyl (C=O) groups excluding carboxylic acids is 1. The lowest BCUT2D eigenvalue weighted by Crippen LogP contribution is -2.26. The maximum atomic E-state index is 12.5. The molecular weight excluding hydrogens is 408 g/mol. The summed E-state index contributed by atoms with van der Waals surface area (Å²) in [5.74, 6) is 0.535. The van der Waals surface area contributed by atoms with Crippen LogP contribution in [0.4, 0.5) is 23.1 Å². The monoisotopic (exact) mass is 428 g/mol. The standard InChI is InChI=1S/C23H20N6O3/c1-13-12-24-22(26-15-5-7-17-14(10-15)4-3-9-29(2)21(17)30)28-20(13)25-16-6-8-19-18(11-16)27-23(31)32-19/h3-8,10-12H,9H2,1-2H3,(H,27,31)(H2,24,25,26,28). The number of oxazole rings is 1. The smallest absolute Gasteiger partial charge is 0.408 e. The van der Waals surface area contributed by atoms with E-state index in [2.05, 4.69) is 25.6 Å². The van der Waals surface area contributed by atoms with Gasteiger partial charge >= 0.3 is 5.76 Å². The normalized spacial score (nSPS) is 13.2. The predicted octanol–water partition coefficient (Wildman–Crippen LogP) is 3.81. The van der Waals surface area contributed by atoms with E-state index in [-0.39, 0.29) is 5.91 Å². The molecule has 3 N–H and O–H groups in total. The van der Waals surface area contributed by atoms with Crippen molar-refractivity contribution in [2.24, 2.45) is 0 Å². The lowest BCUT2D eigenvalue weighted by Gasteiger charge is -2.15. The van der Waals surface area contributed by atoms with Crippen LogP contribution in [0.3, 0.4) is 0 Å². The predicted molar refractivity (Wildman–Crippen MR) is 123 cm³/mol. The highest BCUT2D eigenvalue weighted by molar-refractivity contribution is 5.99. The van der Waals surface area contributed by atoms with Crippen LogP contribution in [0, 0.1) is 6.92 Å². The number of nitrogens with zero attached hydrogens (tertiary/aromatic N) is 3. The molecule has 1 aliphatic rings. The number of anilines is 4. The van der Waals surface area contributed by atoms with Crippen molar-refractivity contribution >= 4 is 46.2 Å². The first-order chi connectivity index (χ1) is 15.5. The highest BCUT2D eigenvalue weighted by Crippen LogP contribution is 2.25. The third-order valence-electron chi connectivity index (χ3n) is 5.21. The molecule has 32 heavy (non-hydrogen) atoms. The Balaban J connectivity index is 1.40. The Kier molecular flexibility index (Phi) is 4.70. The number of H-pyrrole nitrogens is 1. The molecule has 2 aromatic carbocycles. The molecule has 0 radical (unpaired) electrons. The van der Waals surface area contributed by atoms with E-state index < -0.39 is 5.76 Å². The van der Waals surface area contributed by atoms with Crippen molar-refractivity contribution in [3.63, 3.8) is 0 Å². The van der Waals surface area contributed by atoms with Crippen LogP contribution >= 0.6 is 0 Å². The molecular formula is C23H20N6O3. The van der Waals surface area contributed by atoms with Gasteiger partial charge in [-0.05, 0) is 48.9 Å². The van der Waals surface area contributed by atoms with Crippen LogP contribution in [0.5, 0.6) is 0 Å². The molecule has 0 unspecified atom stereocenters. The van der Waals surface area contributed by atoms with Crippen LogP contribution in [0.1, 0.15) is 21.5 Å². The zero-order valence-electron chi connectivity index (χ0n) is 17.5. The fourth-order valence-electron chi connectivity index (χ4n) is 3.52. The summed E-state index contributed by atoms with van der Waals surface area (Å²) in [6.07, 6.45) is 5.63. The Labute approximate surface area is 182 Å². The minimum absolute atomic E-state index is 0.00874. The summed E-state index contributed by atoms with van der Waals surface area (Å²) < 4.78 is 5.04. The fraction of sp³-hybridized carbons (Fsp3) is 0.130. The second-order valence-corrected chi connectivity index (χ2v) is 7.59. The third kappa shape index (κ3) is 3.71. The van der Waals surface area contributed by atoms with Gasteiger partial charge in [0.1, 0.15) is 5.82 Å². The minimum Gasteiger partial charge on any atom is -0.408 e. The number of likely N-dealkylation sites (N-methyl/N-ethyl adjacent to an activating group) is 1. The lowest BCUT2D eigenvalue weighted by molar-refractivity contribution is 0.0811. The Morgan fingerprint density at radius 2 is 1.91 bits per heavy atom. The lowest BCUT2D eigenvalue weighted by atomic mass is 10.1. The van der Waals surface area contributed by atoms with E-state index in [4.69, 9.17) is 4.42 Å². The largest absolute Gasteiger partial charge is 0.417 e. The molecule has 160 valence electrons. The molecule has 9 heteroatoms. The zero-order chi connectivity index (χ0) is 22.2. The molecule has 0 aliphatic carbocycles. The number of carbonyl (C=O) groups is 1. The summed E-state index contributed by atoms with van der Waals surface area (Å²) in [5.41, 5.74) is 4.98. The Hall–Kier alpha value is -4.40. The molecule has 3 heterocycles. The molecule has 1 aliphatic heterocycles. The van der Waals surface area contributed by atoms with E-state index in [0.29, 0.717) is 35.0 Å². The van der Waals surface area contributed by atoms with Crippen molar-refractivity contribution in [2.45, 2.75) is 6.92 Å². The summed E-state index contributed by atoms with van der Waals surface area (Å²) in [5, 5.41) is 6.46. The van der Waals surface area contributed by atoms with Crippen LogP contribution in [0.25, 0.3) is 17.2 Å². The summed E-state index contributed by atoms with van der Waals surface area (Å²) in [6, 6.07) is 10.8. The average Bonchev–Trinajstić information content (AvgIpc) is 3.08. The van der Waals surface area contributed by atoms with Crippen molar-refractivity contribution in [2.75, 3.05) is 24.2 Å². The SMILES string of the molecule is Cc1cnc(Nc2ccc3c(c2)C=CCN(C)C3=O)nc1Nc1ccc2oc(=O)[nH]c2c1. The molecule has 9 nitrogen and oxygen atoms in total. The molecule has 0 fully saturated rings. The van der Waals surface area contributed by atoms with E-state index >= 15 is 0 Å². The zero-order valence-corrected chi connectivity index (χ0v) is 17.5. The Morgan fingerprint density at radius 1 is 1.09 bits per heavy atom. The van der Waals surface area contributed by atoms with Gasteiger partial charge in [-0.15, -0.1) is 0 Å². The van der Waals surface area contributed by atoms with Crippen LogP contribution in [0.2, 0.25) is 0 Å². The van der Waals surface area contributed by atoms with Gasteiger partial charge in [0.05, 0.1) is 5.52 Å². The molecule has 2 aromatic heterocycles. The number of benzene rings is 2. The minimum atomic E-state index is -0.495. The maximum Gasteiger partial charge on any atom is 0.417 e. The van der Waals surface area contributed by atoms with Gasteiger partial charge < -0.3 is 20.0 Å². The fourth-order valence-corrected chi connectivity index (χ4v) is 3.52. The third-order valence-corrected chi connectivity index (χ3v) is 5.21. The van der Waals surface area contributed by atoms with Crippen LogP contribution in [0.15, 0.2) is 57.9 Å². The molecule has 0 saturated heterocycles. The quantitative estimate of drug-likeness (QED) is 0.453. The number of fused-ring (bicyclic) bond motifs is 2. The summed E-state index contributed by atoms with van der Waals surface area (Å²) in [6.45, 7) is 2.48. The van der Waals surface area contributed by atoms with Crippen LogP contribution in [-0.2, 0) is 0 Å². The Bertz CT molecular complexity index is 1440. The number of amides is 1. The van der Waals surface area contributed by atoms with E-state index in [0.717, 1.165) is 22.5 Å². The molecule has 0 atom stereocenters. The van der Waals surface area contributed by atoms with E-state index in [1.807, 2.05) is 31.2 Å². The van der Waals surface area contributed by atoms with Gasteiger partial charge in [0, 0.05) is 42.3 Å². The molecule has 4 aromatic rings. The Morgan fingerprint density at radius 3 is 2.78 bits per heavy atom. The number of aromatic nitrogens is 3. The second kappa shape index (κ2) is 7.69. The average molecular weight is 428 g/mol. The highest BCUT2D eigenvalue weighted by atomic mass is 16.4. The first-order valence-electron chi connectivity index (χ1n) is 10.0. The number of aromatic amines is 1. The van der Waals surface area contributed by atoms with Gasteiger partial charge in [-0.25, -0.2) is 9.78 Å². The summed E-state index contributed by atoms with van der Waals surface area (Å²) >= 11 is 0. The van der Waals surface area contributed by atoms with Gasteiger partial charge in [0.2, 0.25) is 5.95 Å². The molecule has 0 spiro atoms. The number of aryl methyl sites for hydroxylation is 1. The summed E-state index contributed by atoms with van der Waals surface area (Å²) in [4.78, 5) is 37.1. The second-order valence-electron chi connectivity index (χ2n) is 7.59. The van der Waals surface area contributed by atoms with Gasteiger partial charge in [-0.1, -0.05) is 12.2 Å². The van der Waals surface area contributed by atoms with Crippen LogP contribution < -0.4 is 16.4 Å². The van der Waals surface area contributed by atoms with Gasteiger partial charge in [0.15, 0.2) is 5.58 Å². The first-order valence-corrected chi connectivity index (χ1v) is 10.0. The topological polar surface area (TPSA) is 116 Å². The van der Waals surface area contributed by atoms with Gasteiger partial charge in [-0.2, -0.15) is 4.98 Å². The number of nitrogens with one attached hydrogen (secondary N) is 3. The van der Waals surface area contributed by atoms with E-state index in [1.165, 1.54) is 0 Å². The van der Waals surface area contributed by atoms with Crippen molar-refractivity contribution in [1.82, 2.24) is 19.9 Å². The van der Waals surface area contributed by atoms with Crippen molar-refractivity contribution < 1.29 is 9.21 Å². The van der Waals surface area contributed by atoms with Crippen molar-refractivity contribution in [1.29, 1.82) is 0 Å². The number of rotatable bonds is 4. The molecule has 1 amide bonds. The molecule has 0 saturated carbocycles. The van der Waals surface area contributed by atoms with Crippen molar-refractivity contribution in [3.8, 4) is 0 Å². The van der Waals surface area contributed by atoms with Crippen LogP contribution in [-0.4, -0.2) is 39.4 Å². The first kappa shape index (κ1) is 19.6. The molecule has 5 rings (SSSR count). The summed E-state index contributed by atoms with van der Waals surface area (Å²) in [7, 11) is 1.78. The van der Waals surface area contributed by atoms with Gasteiger partial charge in [-0.3, -0.25) is 9.78 Å².